The topological polar surface area (TPSA) is 154 Å². The van der Waals surface area contributed by atoms with Gasteiger partial charge in [-0.3, -0.25) is 34.3 Å². The number of anilines is 1. The number of carbonyl (C=O) groups is 5. The fourth-order valence-corrected chi connectivity index (χ4v) is 9.04. The number of rotatable bonds is 11. The van der Waals surface area contributed by atoms with Gasteiger partial charge in [-0.2, -0.15) is 5.01 Å². The lowest BCUT2D eigenvalue weighted by Gasteiger charge is -2.50. The van der Waals surface area contributed by atoms with Crippen LogP contribution >= 0.6 is 0 Å². The lowest BCUT2D eigenvalue weighted by Crippen LogP contribution is -2.53. The number of allylic oxidation sites excluding steroid dienone is 2. The van der Waals surface area contributed by atoms with Crippen molar-refractivity contribution in [1.29, 1.82) is 0 Å². The van der Waals surface area contributed by atoms with Crippen LogP contribution in [-0.4, -0.2) is 63.4 Å². The molecule has 264 valence electrons. The number of nitrogens with one attached hydrogen (secondary N) is 1. The highest BCUT2D eigenvalue weighted by molar-refractivity contribution is 6.13. The molecule has 2 aliphatic carbocycles. The molecule has 11 heteroatoms. The SMILES string of the molecule is COc1cc(O)ccc1[C@H]1C2=CC[C@@H]3C(=O)N(CCCCCC(=O)O)C(=O)[C@@H]3[C@@H]2C[C@H]2C(=O)N(Nc3ccc(C)cc3)C(=O)[C@@]12c1ccccc1. The van der Waals surface area contributed by atoms with Gasteiger partial charge in [0, 0.05) is 30.5 Å². The number of aryl methyl sites for hydroxylation is 1. The second kappa shape index (κ2) is 13.4. The summed E-state index contributed by atoms with van der Waals surface area (Å²) in [6.07, 6.45) is 3.98. The summed E-state index contributed by atoms with van der Waals surface area (Å²) >= 11 is 0. The van der Waals surface area contributed by atoms with Crippen molar-refractivity contribution in [2.24, 2.45) is 23.7 Å². The van der Waals surface area contributed by atoms with Crippen LogP contribution in [0.25, 0.3) is 0 Å². The number of hydrazine groups is 1. The third kappa shape index (κ3) is 5.55. The Balaban J connectivity index is 1.35. The summed E-state index contributed by atoms with van der Waals surface area (Å²) in [7, 11) is 1.48. The second-order valence-corrected chi connectivity index (χ2v) is 14.1. The number of phenolic OH excluding ortho intramolecular Hbond substituents is 1. The highest BCUT2D eigenvalue weighted by Crippen LogP contribution is 2.65. The number of ether oxygens (including phenoxy) is 1. The maximum Gasteiger partial charge on any atom is 0.303 e. The molecule has 7 rings (SSSR count). The molecule has 6 atom stereocenters. The van der Waals surface area contributed by atoms with Crippen molar-refractivity contribution in [2.75, 3.05) is 19.1 Å². The number of nitrogens with zero attached hydrogens (tertiary/aromatic N) is 2. The average molecular weight is 692 g/mol. The first-order valence-corrected chi connectivity index (χ1v) is 17.5. The Morgan fingerprint density at radius 3 is 2.37 bits per heavy atom. The van der Waals surface area contributed by atoms with E-state index in [0.29, 0.717) is 41.8 Å². The Hall–Kier alpha value is -5.45. The Kier molecular flexibility index (Phi) is 8.91. The molecule has 0 bridgehead atoms. The number of benzene rings is 3. The van der Waals surface area contributed by atoms with E-state index in [-0.39, 0.29) is 43.4 Å². The Morgan fingerprint density at radius 1 is 0.922 bits per heavy atom. The molecular weight excluding hydrogens is 650 g/mol. The molecule has 3 aromatic rings. The van der Waals surface area contributed by atoms with Crippen LogP contribution in [0.1, 0.15) is 61.1 Å². The van der Waals surface area contributed by atoms with Crippen LogP contribution in [0.3, 0.4) is 0 Å². The monoisotopic (exact) mass is 691 g/mol. The van der Waals surface area contributed by atoms with E-state index in [1.165, 1.54) is 24.1 Å². The summed E-state index contributed by atoms with van der Waals surface area (Å²) in [6, 6.07) is 21.4. The van der Waals surface area contributed by atoms with Crippen LogP contribution in [-0.2, 0) is 29.4 Å². The number of carboxylic acids is 1. The number of hydrogen-bond donors (Lipinski definition) is 3. The van der Waals surface area contributed by atoms with Gasteiger partial charge in [0.15, 0.2) is 0 Å². The van der Waals surface area contributed by atoms with Gasteiger partial charge in [0.25, 0.3) is 11.8 Å². The predicted octanol–water partition coefficient (Wildman–Crippen LogP) is 5.34. The minimum atomic E-state index is -1.45. The molecule has 2 aliphatic heterocycles. The first kappa shape index (κ1) is 34.0. The van der Waals surface area contributed by atoms with Crippen molar-refractivity contribution in [3.05, 3.63) is 101 Å². The fourth-order valence-electron chi connectivity index (χ4n) is 9.04. The number of methoxy groups -OCH3 is 1. The zero-order valence-corrected chi connectivity index (χ0v) is 28.6. The lowest BCUT2D eigenvalue weighted by molar-refractivity contribution is -0.141. The number of fused-ring (bicyclic) bond motifs is 4. The summed E-state index contributed by atoms with van der Waals surface area (Å²) < 4.78 is 5.83. The van der Waals surface area contributed by atoms with Crippen molar-refractivity contribution >= 4 is 35.3 Å². The first-order valence-electron chi connectivity index (χ1n) is 17.5. The normalized spacial score (nSPS) is 26.8. The van der Waals surface area contributed by atoms with Gasteiger partial charge in [-0.1, -0.05) is 72.2 Å². The molecule has 3 N–H and O–H groups in total. The largest absolute Gasteiger partial charge is 0.508 e. The number of aromatic hydroxyl groups is 1. The number of carbonyl (C=O) groups excluding carboxylic acids is 4. The highest BCUT2D eigenvalue weighted by Gasteiger charge is 2.70. The molecule has 4 aliphatic rings. The Bertz CT molecular complexity index is 1930. The van der Waals surface area contributed by atoms with Gasteiger partial charge < -0.3 is 14.9 Å². The van der Waals surface area contributed by atoms with Crippen molar-refractivity contribution < 1.29 is 38.9 Å². The van der Waals surface area contributed by atoms with E-state index in [4.69, 9.17) is 9.84 Å². The van der Waals surface area contributed by atoms with Crippen LogP contribution in [0.4, 0.5) is 5.69 Å². The van der Waals surface area contributed by atoms with Crippen molar-refractivity contribution in [3.63, 3.8) is 0 Å². The van der Waals surface area contributed by atoms with Crippen LogP contribution in [0.15, 0.2) is 84.4 Å². The van der Waals surface area contributed by atoms with E-state index in [2.05, 4.69) is 5.43 Å². The summed E-state index contributed by atoms with van der Waals surface area (Å²) in [5.41, 5.74) is 5.25. The van der Waals surface area contributed by atoms with E-state index in [1.54, 1.807) is 18.2 Å². The number of likely N-dealkylation sites (tertiary alicyclic amines) is 1. The molecule has 2 heterocycles. The third-order valence-electron chi connectivity index (χ3n) is 11.3. The van der Waals surface area contributed by atoms with Gasteiger partial charge in [0.2, 0.25) is 11.8 Å². The molecule has 3 aromatic carbocycles. The Labute approximate surface area is 295 Å². The van der Waals surface area contributed by atoms with Gasteiger partial charge in [-0.05, 0) is 62.3 Å². The predicted molar refractivity (Wildman–Crippen MR) is 186 cm³/mol. The molecule has 0 radical (unpaired) electrons. The van der Waals surface area contributed by atoms with Crippen molar-refractivity contribution in [1.82, 2.24) is 9.91 Å². The molecular formula is C40H41N3O8. The molecule has 11 nitrogen and oxygen atoms in total. The maximum atomic E-state index is 15.2. The number of unbranched alkanes of at least 4 members (excludes halogenated alkanes) is 2. The molecule has 1 saturated carbocycles. The minimum absolute atomic E-state index is 0.0255. The highest BCUT2D eigenvalue weighted by atomic mass is 16.5. The van der Waals surface area contributed by atoms with Crippen molar-refractivity contribution in [2.45, 2.75) is 56.8 Å². The van der Waals surface area contributed by atoms with Crippen LogP contribution in [0, 0.1) is 30.6 Å². The molecule has 0 aromatic heterocycles. The van der Waals surface area contributed by atoms with E-state index < -0.39 is 52.8 Å². The van der Waals surface area contributed by atoms with Gasteiger partial charge >= 0.3 is 5.97 Å². The number of hydrogen-bond acceptors (Lipinski definition) is 8. The molecule has 0 spiro atoms. The van der Waals surface area contributed by atoms with Crippen LogP contribution in [0.5, 0.6) is 11.5 Å². The zero-order chi connectivity index (χ0) is 36.0. The molecule has 0 unspecified atom stereocenters. The van der Waals surface area contributed by atoms with Gasteiger partial charge in [0.1, 0.15) is 11.5 Å². The average Bonchev–Trinajstić information content (AvgIpc) is 3.49. The second-order valence-electron chi connectivity index (χ2n) is 14.1. The maximum absolute atomic E-state index is 15.2. The van der Waals surface area contributed by atoms with E-state index in [1.807, 2.05) is 55.5 Å². The van der Waals surface area contributed by atoms with Crippen LogP contribution in [0.2, 0.25) is 0 Å². The third-order valence-corrected chi connectivity index (χ3v) is 11.3. The quantitative estimate of drug-likeness (QED) is 0.137. The molecule has 51 heavy (non-hydrogen) atoms. The van der Waals surface area contributed by atoms with E-state index >= 15 is 4.79 Å². The standard InChI is InChI=1S/C40H41N3O8/c1-23-12-14-25(15-13-23)41-43-37(48)31-22-30-27(18-19-29-34(30)38(49)42(36(29)47)20-8-4-7-11-33(45)46)35(28-17-16-26(44)21-32(28)51-2)40(31,39(43)50)24-9-5-3-6-10-24/h3,5-6,9-10,12-18,21,29-31,34-35,41,44H,4,7-8,11,19-20,22H2,1-2H3,(H,45,46)/t29-,30+,31-,34-,35+,40+/m0/s1. The summed E-state index contributed by atoms with van der Waals surface area (Å²) in [5, 5.41) is 20.6. The van der Waals surface area contributed by atoms with Gasteiger partial charge in [0.05, 0.1) is 36.0 Å². The Morgan fingerprint density at radius 2 is 1.67 bits per heavy atom. The van der Waals surface area contributed by atoms with Crippen molar-refractivity contribution in [3.8, 4) is 11.5 Å². The molecule has 2 saturated heterocycles. The molecule has 3 fully saturated rings. The van der Waals surface area contributed by atoms with Crippen LogP contribution < -0.4 is 10.2 Å². The van der Waals surface area contributed by atoms with E-state index in [0.717, 1.165) is 16.1 Å². The van der Waals surface area contributed by atoms with Gasteiger partial charge in [-0.25, -0.2) is 0 Å². The number of amides is 4. The van der Waals surface area contributed by atoms with E-state index in [9.17, 15) is 24.3 Å². The number of phenols is 1. The van der Waals surface area contributed by atoms with Gasteiger partial charge in [-0.15, -0.1) is 0 Å². The lowest BCUT2D eigenvalue weighted by atomic mass is 9.49. The fraction of sp³-hybridized carbons (Fsp3) is 0.375. The summed E-state index contributed by atoms with van der Waals surface area (Å²) in [4.78, 5) is 70.3. The minimum Gasteiger partial charge on any atom is -0.508 e. The first-order chi connectivity index (χ1) is 24.6. The number of aliphatic carboxylic acids is 1. The number of imide groups is 2. The zero-order valence-electron chi connectivity index (χ0n) is 28.6. The molecule has 4 amide bonds. The summed E-state index contributed by atoms with van der Waals surface area (Å²) in [5.74, 6) is -5.56. The number of carboxylic acid groups (broad SMARTS) is 1. The summed E-state index contributed by atoms with van der Waals surface area (Å²) in [6.45, 7) is 2.15. The smallest absolute Gasteiger partial charge is 0.303 e.